The number of thioether (sulfide) groups is 1. The van der Waals surface area contributed by atoms with Gasteiger partial charge in [0.15, 0.2) is 0 Å². The molecule has 64 valence electrons. The molecule has 0 bridgehead atoms. The Hall–Kier alpha value is 0.230. The standard InChI is InChI=1S/C9H8FIS/c10-6-2-1-3-8-9(6)7(11)4-5-12-8/h1-3,7H,4-5H2. The van der Waals surface area contributed by atoms with E-state index in [0.717, 1.165) is 22.6 Å². The first-order chi connectivity index (χ1) is 5.79. The first-order valence-corrected chi connectivity index (χ1v) is 6.07. The Kier molecular flexibility index (Phi) is 2.60. The van der Waals surface area contributed by atoms with Crippen molar-refractivity contribution in [2.75, 3.05) is 5.75 Å². The minimum Gasteiger partial charge on any atom is -0.207 e. The number of alkyl halides is 1. The van der Waals surface area contributed by atoms with Crippen molar-refractivity contribution in [2.45, 2.75) is 15.2 Å². The Balaban J connectivity index is 2.53. The van der Waals surface area contributed by atoms with E-state index < -0.39 is 0 Å². The van der Waals surface area contributed by atoms with Gasteiger partial charge in [0.25, 0.3) is 0 Å². The van der Waals surface area contributed by atoms with Crippen LogP contribution in [0.25, 0.3) is 0 Å². The van der Waals surface area contributed by atoms with Crippen LogP contribution in [-0.2, 0) is 0 Å². The summed E-state index contributed by atoms with van der Waals surface area (Å²) in [5, 5.41) is 0. The summed E-state index contributed by atoms with van der Waals surface area (Å²) in [7, 11) is 0. The van der Waals surface area contributed by atoms with Gasteiger partial charge >= 0.3 is 0 Å². The highest BCUT2D eigenvalue weighted by molar-refractivity contribution is 14.1. The maximum Gasteiger partial charge on any atom is 0.128 e. The van der Waals surface area contributed by atoms with Gasteiger partial charge in [-0.05, 0) is 24.3 Å². The van der Waals surface area contributed by atoms with Crippen molar-refractivity contribution >= 4 is 34.4 Å². The van der Waals surface area contributed by atoms with Gasteiger partial charge in [-0.25, -0.2) is 4.39 Å². The molecule has 0 amide bonds. The third kappa shape index (κ3) is 1.48. The van der Waals surface area contributed by atoms with Gasteiger partial charge in [-0.1, -0.05) is 28.7 Å². The highest BCUT2D eigenvalue weighted by atomic mass is 127. The monoisotopic (exact) mass is 294 g/mol. The van der Waals surface area contributed by atoms with Crippen molar-refractivity contribution in [1.29, 1.82) is 0 Å². The fourth-order valence-electron chi connectivity index (χ4n) is 1.36. The van der Waals surface area contributed by atoms with E-state index in [2.05, 4.69) is 22.6 Å². The molecule has 0 saturated heterocycles. The lowest BCUT2D eigenvalue weighted by Gasteiger charge is -2.20. The smallest absolute Gasteiger partial charge is 0.128 e. The molecule has 12 heavy (non-hydrogen) atoms. The van der Waals surface area contributed by atoms with E-state index in [9.17, 15) is 4.39 Å². The highest BCUT2D eigenvalue weighted by Crippen LogP contribution is 2.42. The molecule has 0 saturated carbocycles. The Morgan fingerprint density at radius 2 is 2.33 bits per heavy atom. The van der Waals surface area contributed by atoms with Gasteiger partial charge in [-0.2, -0.15) is 0 Å². The van der Waals surface area contributed by atoms with E-state index in [1.807, 2.05) is 6.07 Å². The van der Waals surface area contributed by atoms with Crippen LogP contribution in [0, 0.1) is 5.82 Å². The fourth-order valence-corrected chi connectivity index (χ4v) is 4.09. The minimum absolute atomic E-state index is 0.0425. The van der Waals surface area contributed by atoms with Crippen molar-refractivity contribution in [1.82, 2.24) is 0 Å². The van der Waals surface area contributed by atoms with Gasteiger partial charge in [0.1, 0.15) is 5.82 Å². The van der Waals surface area contributed by atoms with E-state index >= 15 is 0 Å². The second kappa shape index (κ2) is 3.54. The topological polar surface area (TPSA) is 0 Å². The lowest BCUT2D eigenvalue weighted by Crippen LogP contribution is -2.03. The van der Waals surface area contributed by atoms with Gasteiger partial charge in [0.2, 0.25) is 0 Å². The molecule has 1 aromatic carbocycles. The molecule has 1 unspecified atom stereocenters. The summed E-state index contributed by atoms with van der Waals surface area (Å²) in [5.41, 5.74) is 0.911. The van der Waals surface area contributed by atoms with Crippen molar-refractivity contribution in [2.24, 2.45) is 0 Å². The average Bonchev–Trinajstić information content (AvgIpc) is 2.04. The van der Waals surface area contributed by atoms with Crippen molar-refractivity contribution < 1.29 is 4.39 Å². The Labute approximate surface area is 89.1 Å². The Morgan fingerprint density at radius 3 is 3.08 bits per heavy atom. The van der Waals surface area contributed by atoms with E-state index in [1.54, 1.807) is 23.9 Å². The molecule has 3 heteroatoms. The van der Waals surface area contributed by atoms with E-state index in [-0.39, 0.29) is 5.82 Å². The number of rotatable bonds is 0. The molecule has 1 aromatic rings. The zero-order valence-electron chi connectivity index (χ0n) is 6.39. The quantitative estimate of drug-likeness (QED) is 0.518. The Bertz CT molecular complexity index is 301. The van der Waals surface area contributed by atoms with Gasteiger partial charge in [-0.15, -0.1) is 11.8 Å². The van der Waals surface area contributed by atoms with Crippen LogP contribution in [-0.4, -0.2) is 5.75 Å². The van der Waals surface area contributed by atoms with Gasteiger partial charge in [0.05, 0.1) is 0 Å². The van der Waals surface area contributed by atoms with Crippen LogP contribution in [0.4, 0.5) is 4.39 Å². The summed E-state index contributed by atoms with van der Waals surface area (Å²) in [4.78, 5) is 1.13. The largest absolute Gasteiger partial charge is 0.207 e. The molecule has 0 N–H and O–H groups in total. The summed E-state index contributed by atoms with van der Waals surface area (Å²) in [5.74, 6) is 1.07. The zero-order chi connectivity index (χ0) is 8.55. The number of fused-ring (bicyclic) bond motifs is 1. The SMILES string of the molecule is Fc1cccc2c1C(I)CCS2. The number of hydrogen-bond donors (Lipinski definition) is 0. The molecule has 2 rings (SSSR count). The normalized spacial score (nSPS) is 22.0. The predicted octanol–water partition coefficient (Wildman–Crippen LogP) is 3.80. The van der Waals surface area contributed by atoms with Crippen molar-refractivity contribution in [3.8, 4) is 0 Å². The molecule has 0 nitrogen and oxygen atoms in total. The average molecular weight is 294 g/mol. The summed E-state index contributed by atoms with van der Waals surface area (Å²) in [6, 6.07) is 5.35. The number of benzene rings is 1. The number of hydrogen-bond acceptors (Lipinski definition) is 1. The summed E-state index contributed by atoms with van der Waals surface area (Å²) in [6.45, 7) is 0. The third-order valence-electron chi connectivity index (χ3n) is 1.96. The first kappa shape index (κ1) is 8.81. The lowest BCUT2D eigenvalue weighted by molar-refractivity contribution is 0.600. The Morgan fingerprint density at radius 1 is 1.50 bits per heavy atom. The van der Waals surface area contributed by atoms with Crippen molar-refractivity contribution in [3.05, 3.63) is 29.6 Å². The van der Waals surface area contributed by atoms with Crippen LogP contribution < -0.4 is 0 Å². The van der Waals surface area contributed by atoms with Crippen LogP contribution in [0.5, 0.6) is 0 Å². The van der Waals surface area contributed by atoms with Crippen molar-refractivity contribution in [3.63, 3.8) is 0 Å². The highest BCUT2D eigenvalue weighted by Gasteiger charge is 2.21. The van der Waals surface area contributed by atoms with Gasteiger partial charge in [-0.3, -0.25) is 0 Å². The first-order valence-electron chi connectivity index (χ1n) is 3.84. The molecular formula is C9H8FIS. The maximum absolute atomic E-state index is 13.3. The van der Waals surface area contributed by atoms with Gasteiger partial charge < -0.3 is 0 Å². The van der Waals surface area contributed by atoms with Crippen LogP contribution in [0.2, 0.25) is 0 Å². The van der Waals surface area contributed by atoms with Crippen LogP contribution in [0.3, 0.4) is 0 Å². The van der Waals surface area contributed by atoms with E-state index in [0.29, 0.717) is 3.92 Å². The lowest BCUT2D eigenvalue weighted by atomic mass is 10.1. The van der Waals surface area contributed by atoms with E-state index in [1.165, 1.54) is 0 Å². The molecule has 0 spiro atoms. The second-order valence-electron chi connectivity index (χ2n) is 2.76. The maximum atomic E-state index is 13.3. The van der Waals surface area contributed by atoms with Crippen LogP contribution in [0.15, 0.2) is 23.1 Å². The minimum atomic E-state index is -0.0425. The molecule has 1 aliphatic heterocycles. The van der Waals surface area contributed by atoms with Crippen LogP contribution in [0.1, 0.15) is 15.9 Å². The molecule has 1 heterocycles. The second-order valence-corrected chi connectivity index (χ2v) is 5.40. The zero-order valence-corrected chi connectivity index (χ0v) is 9.36. The van der Waals surface area contributed by atoms with E-state index in [4.69, 9.17) is 0 Å². The van der Waals surface area contributed by atoms with Gasteiger partial charge in [0, 0.05) is 14.4 Å². The third-order valence-corrected chi connectivity index (χ3v) is 4.31. The molecule has 0 aliphatic carbocycles. The fraction of sp³-hybridized carbons (Fsp3) is 0.333. The molecular weight excluding hydrogens is 286 g/mol. The van der Waals surface area contributed by atoms with Crippen LogP contribution >= 0.6 is 34.4 Å². The summed E-state index contributed by atoms with van der Waals surface area (Å²) in [6.07, 6.45) is 1.08. The number of halogens is 2. The predicted molar refractivity (Wildman–Crippen MR) is 58.5 cm³/mol. The molecule has 0 radical (unpaired) electrons. The molecule has 1 atom stereocenters. The summed E-state index contributed by atoms with van der Waals surface area (Å²) >= 11 is 4.08. The molecule has 0 fully saturated rings. The molecule has 0 aromatic heterocycles. The molecule has 1 aliphatic rings. The summed E-state index contributed by atoms with van der Waals surface area (Å²) < 4.78 is 13.7.